The lowest BCUT2D eigenvalue weighted by Crippen LogP contribution is -2.32. The summed E-state index contributed by atoms with van der Waals surface area (Å²) >= 11 is 0. The van der Waals surface area contributed by atoms with Crippen LogP contribution in [0.2, 0.25) is 0 Å². The van der Waals surface area contributed by atoms with E-state index in [1.165, 1.54) is 13.3 Å². The van der Waals surface area contributed by atoms with Crippen LogP contribution in [0.25, 0.3) is 22.6 Å². The topological polar surface area (TPSA) is 101 Å². The van der Waals surface area contributed by atoms with Crippen molar-refractivity contribution in [3.8, 4) is 34.5 Å². The molecule has 0 radical (unpaired) electrons. The number of pyridine rings is 1. The van der Waals surface area contributed by atoms with E-state index in [2.05, 4.69) is 15.0 Å². The molecule has 2 aromatic heterocycles. The maximum atomic E-state index is 11.7. The summed E-state index contributed by atoms with van der Waals surface area (Å²) in [6.07, 6.45) is 3.20. The van der Waals surface area contributed by atoms with Gasteiger partial charge in [0, 0.05) is 17.3 Å². The second kappa shape index (κ2) is 7.92. The first-order valence-electron chi connectivity index (χ1n) is 8.66. The van der Waals surface area contributed by atoms with Crippen LogP contribution in [-0.4, -0.2) is 34.6 Å². The van der Waals surface area contributed by atoms with Crippen LogP contribution in [0.5, 0.6) is 5.75 Å². The fourth-order valence-corrected chi connectivity index (χ4v) is 2.55. The predicted octanol–water partition coefficient (Wildman–Crippen LogP) is 3.59. The number of hydrogen-bond donors (Lipinski definition) is 1. The zero-order valence-electron chi connectivity index (χ0n) is 15.9. The van der Waals surface area contributed by atoms with Gasteiger partial charge in [-0.1, -0.05) is 0 Å². The van der Waals surface area contributed by atoms with Crippen molar-refractivity contribution in [2.75, 3.05) is 13.7 Å². The summed E-state index contributed by atoms with van der Waals surface area (Å²) in [6, 6.07) is 13.3. The molecule has 7 nitrogen and oxygen atoms in total. The number of nitrogens with zero attached hydrogens (tertiary/aromatic N) is 3. The number of ether oxygens (including phenoxy) is 2. The molecule has 0 saturated carbocycles. The molecule has 0 atom stereocenters. The summed E-state index contributed by atoms with van der Waals surface area (Å²) < 4.78 is 10.5. The number of aromatic nitrogens is 3. The summed E-state index contributed by atoms with van der Waals surface area (Å²) in [6.45, 7) is 3.77. The highest BCUT2D eigenvalue weighted by molar-refractivity contribution is 5.76. The second-order valence-corrected chi connectivity index (χ2v) is 6.88. The van der Waals surface area contributed by atoms with Gasteiger partial charge in [-0.3, -0.25) is 9.78 Å². The molecule has 0 amide bonds. The van der Waals surface area contributed by atoms with E-state index in [0.29, 0.717) is 17.3 Å². The number of nitrogens with one attached hydrogen (secondary N) is 1. The van der Waals surface area contributed by atoms with Gasteiger partial charge in [-0.2, -0.15) is 5.26 Å². The molecule has 28 heavy (non-hydrogen) atoms. The smallest absolute Gasteiger partial charge is 0.314 e. The minimum absolute atomic E-state index is 0.222. The first-order valence-corrected chi connectivity index (χ1v) is 8.66. The van der Waals surface area contributed by atoms with E-state index in [0.717, 1.165) is 16.8 Å². The number of carbonyl (C=O) groups excluding carboxylic acids is 1. The van der Waals surface area contributed by atoms with Crippen molar-refractivity contribution < 1.29 is 14.3 Å². The Kier molecular flexibility index (Phi) is 5.41. The fourth-order valence-electron chi connectivity index (χ4n) is 2.55. The number of methoxy groups -OCH3 is 1. The summed E-state index contributed by atoms with van der Waals surface area (Å²) in [5.74, 6) is 0.955. The summed E-state index contributed by atoms with van der Waals surface area (Å²) in [7, 11) is 1.37. The monoisotopic (exact) mass is 376 g/mol. The van der Waals surface area contributed by atoms with Gasteiger partial charge in [0.15, 0.2) is 0 Å². The molecule has 2 heterocycles. The first kappa shape index (κ1) is 19.1. The van der Waals surface area contributed by atoms with E-state index >= 15 is 0 Å². The van der Waals surface area contributed by atoms with Crippen LogP contribution < -0.4 is 4.74 Å². The Hall–Kier alpha value is -3.66. The Bertz CT molecular complexity index is 999. The van der Waals surface area contributed by atoms with Crippen molar-refractivity contribution in [2.24, 2.45) is 5.41 Å². The summed E-state index contributed by atoms with van der Waals surface area (Å²) in [4.78, 5) is 23.3. The van der Waals surface area contributed by atoms with Gasteiger partial charge in [0.25, 0.3) is 0 Å². The number of benzene rings is 1. The molecule has 0 spiro atoms. The SMILES string of the molecule is COC(=O)C(C)(C)COc1ccc(-c2ccc(-c3ncc(C#N)[nH]3)cn2)cc1. The quantitative estimate of drug-likeness (QED) is 0.660. The van der Waals surface area contributed by atoms with E-state index in [1.54, 1.807) is 20.0 Å². The van der Waals surface area contributed by atoms with E-state index in [1.807, 2.05) is 42.5 Å². The van der Waals surface area contributed by atoms with Gasteiger partial charge in [-0.15, -0.1) is 0 Å². The van der Waals surface area contributed by atoms with Crippen molar-refractivity contribution >= 4 is 5.97 Å². The third-order valence-corrected chi connectivity index (χ3v) is 4.22. The highest BCUT2D eigenvalue weighted by Gasteiger charge is 2.29. The number of imidazole rings is 1. The largest absolute Gasteiger partial charge is 0.492 e. The Morgan fingerprint density at radius 1 is 1.11 bits per heavy atom. The number of esters is 1. The Morgan fingerprint density at radius 3 is 2.39 bits per heavy atom. The van der Waals surface area contributed by atoms with Crippen LogP contribution in [0, 0.1) is 16.7 Å². The van der Waals surface area contributed by atoms with Crippen LogP contribution >= 0.6 is 0 Å². The molecule has 0 aliphatic carbocycles. The minimum Gasteiger partial charge on any atom is -0.492 e. The van der Waals surface area contributed by atoms with E-state index in [-0.39, 0.29) is 12.6 Å². The van der Waals surface area contributed by atoms with Crippen LogP contribution in [0.1, 0.15) is 19.5 Å². The maximum absolute atomic E-state index is 11.7. The lowest BCUT2D eigenvalue weighted by molar-refractivity contribution is -0.152. The summed E-state index contributed by atoms with van der Waals surface area (Å²) in [5, 5.41) is 8.87. The van der Waals surface area contributed by atoms with Gasteiger partial charge >= 0.3 is 5.97 Å². The lowest BCUT2D eigenvalue weighted by atomic mass is 9.95. The third kappa shape index (κ3) is 4.18. The molecule has 1 aromatic carbocycles. The van der Waals surface area contributed by atoms with E-state index < -0.39 is 5.41 Å². The zero-order valence-corrected chi connectivity index (χ0v) is 15.9. The third-order valence-electron chi connectivity index (χ3n) is 4.22. The number of nitriles is 1. The van der Waals surface area contributed by atoms with Crippen molar-refractivity contribution in [1.82, 2.24) is 15.0 Å². The minimum atomic E-state index is -0.720. The standard InChI is InChI=1S/C21H20N4O3/c1-21(2,20(26)27-3)13-28-17-7-4-14(5-8-17)18-9-6-15(11-23-18)19-24-12-16(10-22)25-19/h4-9,11-12H,13H2,1-3H3,(H,24,25). The molecule has 0 aliphatic rings. The molecule has 0 bridgehead atoms. The maximum Gasteiger partial charge on any atom is 0.314 e. The molecular formula is C21H20N4O3. The Labute approximate surface area is 163 Å². The van der Waals surface area contributed by atoms with E-state index in [9.17, 15) is 4.79 Å². The molecule has 0 aliphatic heterocycles. The molecule has 1 N–H and O–H groups in total. The van der Waals surface area contributed by atoms with Crippen molar-refractivity contribution in [3.63, 3.8) is 0 Å². The van der Waals surface area contributed by atoms with Crippen molar-refractivity contribution in [2.45, 2.75) is 13.8 Å². The lowest BCUT2D eigenvalue weighted by Gasteiger charge is -2.21. The van der Waals surface area contributed by atoms with Gasteiger partial charge in [0.2, 0.25) is 0 Å². The number of hydrogen-bond acceptors (Lipinski definition) is 6. The second-order valence-electron chi connectivity index (χ2n) is 6.88. The Balaban J connectivity index is 1.68. The number of H-pyrrole nitrogens is 1. The highest BCUT2D eigenvalue weighted by Crippen LogP contribution is 2.25. The molecule has 0 unspecified atom stereocenters. The number of carbonyl (C=O) groups is 1. The normalized spacial score (nSPS) is 10.9. The Morgan fingerprint density at radius 2 is 1.82 bits per heavy atom. The van der Waals surface area contributed by atoms with Crippen LogP contribution in [0.15, 0.2) is 48.8 Å². The van der Waals surface area contributed by atoms with Gasteiger partial charge in [0.1, 0.15) is 29.9 Å². The molecule has 3 rings (SSSR count). The number of aromatic amines is 1. The number of rotatable bonds is 6. The van der Waals surface area contributed by atoms with Gasteiger partial charge in [-0.25, -0.2) is 4.98 Å². The molecule has 7 heteroatoms. The highest BCUT2D eigenvalue weighted by atomic mass is 16.5. The average molecular weight is 376 g/mol. The van der Waals surface area contributed by atoms with Crippen LogP contribution in [0.4, 0.5) is 0 Å². The van der Waals surface area contributed by atoms with Crippen molar-refractivity contribution in [1.29, 1.82) is 5.26 Å². The molecule has 142 valence electrons. The fraction of sp³-hybridized carbons (Fsp3) is 0.238. The molecule has 0 saturated heterocycles. The summed E-state index contributed by atoms with van der Waals surface area (Å²) in [5.41, 5.74) is 2.23. The van der Waals surface area contributed by atoms with Crippen LogP contribution in [-0.2, 0) is 9.53 Å². The first-order chi connectivity index (χ1) is 13.4. The molecule has 3 aromatic rings. The van der Waals surface area contributed by atoms with Crippen molar-refractivity contribution in [3.05, 3.63) is 54.5 Å². The molecular weight excluding hydrogens is 356 g/mol. The predicted molar refractivity (Wildman–Crippen MR) is 103 cm³/mol. The van der Waals surface area contributed by atoms with Gasteiger partial charge < -0.3 is 14.5 Å². The van der Waals surface area contributed by atoms with E-state index in [4.69, 9.17) is 14.7 Å². The van der Waals surface area contributed by atoms with Gasteiger partial charge in [0.05, 0.1) is 24.4 Å². The van der Waals surface area contributed by atoms with Gasteiger partial charge in [-0.05, 0) is 50.2 Å². The zero-order chi connectivity index (χ0) is 20.1. The average Bonchev–Trinajstić information content (AvgIpc) is 3.21. The van der Waals surface area contributed by atoms with Crippen LogP contribution in [0.3, 0.4) is 0 Å². The molecule has 0 fully saturated rings.